The number of benzene rings is 2. The van der Waals surface area contributed by atoms with E-state index in [1.807, 2.05) is 12.1 Å². The number of methoxy groups -OCH3 is 2. The molecule has 0 unspecified atom stereocenters. The number of nitrogens with zero attached hydrogens (tertiary/aromatic N) is 3. The summed E-state index contributed by atoms with van der Waals surface area (Å²) in [6, 6.07) is 10.9. The minimum absolute atomic E-state index is 0.0371. The molecule has 0 bridgehead atoms. The average molecular weight is 454 g/mol. The highest BCUT2D eigenvalue weighted by atomic mass is 35.5. The van der Waals surface area contributed by atoms with Gasteiger partial charge in [-0.15, -0.1) is 0 Å². The van der Waals surface area contributed by atoms with Crippen molar-refractivity contribution in [1.82, 2.24) is 9.97 Å². The molecule has 8 nitrogen and oxygen atoms in total. The summed E-state index contributed by atoms with van der Waals surface area (Å²) in [4.78, 5) is 23.9. The molecule has 1 aromatic heterocycles. The lowest BCUT2D eigenvalue weighted by atomic mass is 10.1. The Bertz CT molecular complexity index is 1150. The maximum absolute atomic E-state index is 13.0. The van der Waals surface area contributed by atoms with E-state index in [0.717, 1.165) is 22.5 Å². The van der Waals surface area contributed by atoms with Crippen LogP contribution in [-0.2, 0) is 11.2 Å². The van der Waals surface area contributed by atoms with Crippen LogP contribution in [0, 0.1) is 0 Å². The summed E-state index contributed by atoms with van der Waals surface area (Å²) in [5, 5.41) is 3.75. The quantitative estimate of drug-likeness (QED) is 0.560. The van der Waals surface area contributed by atoms with Crippen LogP contribution in [0.2, 0.25) is 5.02 Å². The van der Waals surface area contributed by atoms with Gasteiger partial charge in [-0.1, -0.05) is 11.6 Å². The smallest absolute Gasteiger partial charge is 0.231 e. The van der Waals surface area contributed by atoms with Gasteiger partial charge in [0.2, 0.25) is 11.9 Å². The Morgan fingerprint density at radius 1 is 1.16 bits per heavy atom. The zero-order valence-electron chi connectivity index (χ0n) is 17.9. The van der Waals surface area contributed by atoms with Crippen LogP contribution < -0.4 is 25.4 Å². The summed E-state index contributed by atoms with van der Waals surface area (Å²) in [6.07, 6.45) is 2.57. The number of aromatic nitrogens is 2. The molecule has 32 heavy (non-hydrogen) atoms. The number of nitrogens with two attached hydrogens (primary N) is 1. The third-order valence-corrected chi connectivity index (χ3v) is 5.47. The third-order valence-electron chi connectivity index (χ3n) is 5.24. The number of fused-ring (bicyclic) bond motifs is 3. The van der Waals surface area contributed by atoms with Gasteiger partial charge in [-0.05, 0) is 43.3 Å². The molecule has 3 aromatic rings. The van der Waals surface area contributed by atoms with Crippen molar-refractivity contribution >= 4 is 34.8 Å². The first-order valence-electron chi connectivity index (χ1n) is 10.2. The van der Waals surface area contributed by atoms with Crippen LogP contribution in [0.15, 0.2) is 42.6 Å². The van der Waals surface area contributed by atoms with Crippen LogP contribution in [0.1, 0.15) is 12.0 Å². The molecule has 2 aromatic carbocycles. The number of anilines is 3. The van der Waals surface area contributed by atoms with Gasteiger partial charge in [0.25, 0.3) is 0 Å². The van der Waals surface area contributed by atoms with Gasteiger partial charge >= 0.3 is 0 Å². The Balaban J connectivity index is 1.74. The molecule has 1 amide bonds. The fourth-order valence-electron chi connectivity index (χ4n) is 3.69. The second-order valence-electron chi connectivity index (χ2n) is 7.29. The van der Waals surface area contributed by atoms with Crippen LogP contribution >= 0.6 is 11.6 Å². The molecule has 1 aliphatic heterocycles. The number of carbonyl (C=O) groups is 1. The largest absolute Gasteiger partial charge is 0.493 e. The van der Waals surface area contributed by atoms with Crippen LogP contribution in [0.25, 0.3) is 11.3 Å². The summed E-state index contributed by atoms with van der Waals surface area (Å²) in [6.45, 7) is 1.01. The predicted octanol–water partition coefficient (Wildman–Crippen LogP) is 3.80. The first-order valence-corrected chi connectivity index (χ1v) is 10.6. The molecule has 9 heteroatoms. The fourth-order valence-corrected chi connectivity index (χ4v) is 3.85. The first kappa shape index (κ1) is 21.9. The Labute approximate surface area is 191 Å². The van der Waals surface area contributed by atoms with E-state index in [-0.39, 0.29) is 12.3 Å². The number of amides is 1. The Kier molecular flexibility index (Phi) is 6.43. The number of nitrogens with one attached hydrogen (secondary N) is 1. The van der Waals surface area contributed by atoms with Crippen LogP contribution in [0.4, 0.5) is 17.3 Å². The minimum Gasteiger partial charge on any atom is -0.493 e. The van der Waals surface area contributed by atoms with Gasteiger partial charge < -0.3 is 25.4 Å². The van der Waals surface area contributed by atoms with Crippen molar-refractivity contribution < 1.29 is 14.3 Å². The van der Waals surface area contributed by atoms with Gasteiger partial charge in [-0.3, -0.25) is 4.79 Å². The van der Waals surface area contributed by atoms with E-state index in [1.165, 1.54) is 0 Å². The van der Waals surface area contributed by atoms with Crippen molar-refractivity contribution in [1.29, 1.82) is 0 Å². The molecule has 0 saturated heterocycles. The topological polar surface area (TPSA) is 103 Å². The summed E-state index contributed by atoms with van der Waals surface area (Å²) >= 11 is 6.27. The zero-order chi connectivity index (χ0) is 22.7. The number of rotatable bonds is 7. The van der Waals surface area contributed by atoms with Gasteiger partial charge in [0.15, 0.2) is 11.5 Å². The molecule has 2 heterocycles. The Morgan fingerprint density at radius 2 is 1.97 bits per heavy atom. The SMILES string of the molecule is COc1ccc(Nc2ncc3c(n2)-c2ccc(Cl)cc2N(CCCN)C(=O)C3)cc1OC. The van der Waals surface area contributed by atoms with Crippen molar-refractivity contribution in [3.63, 3.8) is 0 Å². The van der Waals surface area contributed by atoms with Gasteiger partial charge in [-0.2, -0.15) is 0 Å². The number of hydrogen-bond acceptors (Lipinski definition) is 7. The summed E-state index contributed by atoms with van der Waals surface area (Å²) in [5.41, 5.74) is 9.43. The maximum Gasteiger partial charge on any atom is 0.231 e. The van der Waals surface area contributed by atoms with E-state index in [2.05, 4.69) is 10.3 Å². The molecule has 3 N–H and O–H groups in total. The van der Waals surface area contributed by atoms with Crippen molar-refractivity contribution in [2.45, 2.75) is 12.8 Å². The lowest BCUT2D eigenvalue weighted by molar-refractivity contribution is -0.117. The maximum atomic E-state index is 13.0. The summed E-state index contributed by atoms with van der Waals surface area (Å²) in [5.74, 6) is 1.58. The molecular formula is C23H24ClN5O3. The molecule has 1 aliphatic rings. The van der Waals surface area contributed by atoms with Crippen molar-refractivity contribution in [3.8, 4) is 22.8 Å². The lowest BCUT2D eigenvalue weighted by Gasteiger charge is -2.23. The zero-order valence-corrected chi connectivity index (χ0v) is 18.6. The average Bonchev–Trinajstić information content (AvgIpc) is 2.91. The molecule has 0 saturated carbocycles. The Hall–Kier alpha value is -3.36. The van der Waals surface area contributed by atoms with Crippen LogP contribution in [0.5, 0.6) is 11.5 Å². The molecule has 0 aliphatic carbocycles. The van der Waals surface area contributed by atoms with Crippen LogP contribution in [0.3, 0.4) is 0 Å². The van der Waals surface area contributed by atoms with E-state index in [1.54, 1.807) is 49.6 Å². The molecular weight excluding hydrogens is 430 g/mol. The highest BCUT2D eigenvalue weighted by molar-refractivity contribution is 6.31. The van der Waals surface area contributed by atoms with E-state index in [9.17, 15) is 4.79 Å². The van der Waals surface area contributed by atoms with Crippen molar-refractivity contribution in [3.05, 3.63) is 53.2 Å². The number of ether oxygens (including phenoxy) is 2. The molecule has 166 valence electrons. The second kappa shape index (κ2) is 9.42. The Morgan fingerprint density at radius 3 is 2.72 bits per heavy atom. The van der Waals surface area contributed by atoms with E-state index in [4.69, 9.17) is 31.8 Å². The van der Waals surface area contributed by atoms with Gasteiger partial charge in [0.05, 0.1) is 32.0 Å². The standard InChI is InChI=1S/C23H24ClN5O3/c1-31-19-7-5-16(12-20(19)32-2)27-23-26-13-14-10-21(30)29(9-3-8-25)18-11-15(24)4-6-17(18)22(14)28-23/h4-7,11-13H,3,8-10,25H2,1-2H3,(H,26,27,28). The highest BCUT2D eigenvalue weighted by Gasteiger charge is 2.27. The molecule has 0 fully saturated rings. The first-order chi connectivity index (χ1) is 15.5. The van der Waals surface area contributed by atoms with Crippen molar-refractivity contribution in [2.24, 2.45) is 5.73 Å². The number of hydrogen-bond donors (Lipinski definition) is 2. The summed E-state index contributed by atoms with van der Waals surface area (Å²) < 4.78 is 10.7. The molecule has 0 atom stereocenters. The number of halogens is 1. The third kappa shape index (κ3) is 4.32. The predicted molar refractivity (Wildman–Crippen MR) is 125 cm³/mol. The van der Waals surface area contributed by atoms with Gasteiger partial charge in [-0.25, -0.2) is 9.97 Å². The second-order valence-corrected chi connectivity index (χ2v) is 7.72. The van der Waals surface area contributed by atoms with Crippen LogP contribution in [-0.4, -0.2) is 43.2 Å². The number of carbonyl (C=O) groups excluding carboxylic acids is 1. The molecule has 0 spiro atoms. The van der Waals surface area contributed by atoms with Crippen molar-refractivity contribution in [2.75, 3.05) is 37.5 Å². The lowest BCUT2D eigenvalue weighted by Crippen LogP contribution is -2.33. The summed E-state index contributed by atoms with van der Waals surface area (Å²) in [7, 11) is 3.17. The van der Waals surface area contributed by atoms with E-state index >= 15 is 0 Å². The van der Waals surface area contributed by atoms with Gasteiger partial charge in [0.1, 0.15) is 0 Å². The molecule has 0 radical (unpaired) electrons. The van der Waals surface area contributed by atoms with E-state index < -0.39 is 0 Å². The normalized spacial score (nSPS) is 12.6. The van der Waals surface area contributed by atoms with Gasteiger partial charge in [0, 0.05) is 40.6 Å². The highest BCUT2D eigenvalue weighted by Crippen LogP contribution is 2.38. The fraction of sp³-hybridized carbons (Fsp3) is 0.261. The molecule has 4 rings (SSSR count). The van der Waals surface area contributed by atoms with E-state index in [0.29, 0.717) is 47.7 Å². The monoisotopic (exact) mass is 453 g/mol. The minimum atomic E-state index is -0.0371.